The van der Waals surface area contributed by atoms with Crippen LogP contribution in [-0.4, -0.2) is 83.6 Å². The fourth-order valence-corrected chi connectivity index (χ4v) is 3.69. The van der Waals surface area contributed by atoms with Crippen molar-refractivity contribution in [3.63, 3.8) is 0 Å². The lowest BCUT2D eigenvalue weighted by Gasteiger charge is -2.34. The minimum absolute atomic E-state index is 0.0170. The number of nitrogens with one attached hydrogen (secondary N) is 1. The Bertz CT molecular complexity index is 611. The number of aryl methyl sites for hydroxylation is 1. The first-order valence-corrected chi connectivity index (χ1v) is 8.90. The van der Waals surface area contributed by atoms with Gasteiger partial charge in [-0.1, -0.05) is 0 Å². The lowest BCUT2D eigenvalue weighted by Crippen LogP contribution is -2.45. The second kappa shape index (κ2) is 7.97. The number of hydrogen-bond acceptors (Lipinski definition) is 5. The van der Waals surface area contributed by atoms with Crippen LogP contribution in [-0.2, 0) is 16.6 Å². The van der Waals surface area contributed by atoms with Crippen LogP contribution in [0.2, 0.25) is 0 Å². The Hall–Kier alpha value is -1.93. The van der Waals surface area contributed by atoms with Gasteiger partial charge in [-0.3, -0.25) is 14.5 Å². The summed E-state index contributed by atoms with van der Waals surface area (Å²) >= 11 is 0. The van der Waals surface area contributed by atoms with Gasteiger partial charge in [0.15, 0.2) is 5.82 Å². The number of carbonyl (C=O) groups excluding carboxylic acids is 2. The highest BCUT2D eigenvalue weighted by Gasteiger charge is 2.34. The van der Waals surface area contributed by atoms with Crippen LogP contribution >= 0.6 is 0 Å². The summed E-state index contributed by atoms with van der Waals surface area (Å²) in [5.74, 6) is 0.0431. The van der Waals surface area contributed by atoms with Crippen molar-refractivity contribution in [2.45, 2.75) is 18.9 Å². The summed E-state index contributed by atoms with van der Waals surface area (Å²) in [4.78, 5) is 33.5. The van der Waals surface area contributed by atoms with Crippen LogP contribution in [0.1, 0.15) is 23.5 Å². The maximum atomic E-state index is 12.8. The molecule has 2 saturated heterocycles. The number of amides is 2. The summed E-state index contributed by atoms with van der Waals surface area (Å²) in [6.07, 6.45) is 5.34. The third-order valence-electron chi connectivity index (χ3n) is 5.18. The highest BCUT2D eigenvalue weighted by molar-refractivity contribution is 5.91. The number of carbonyl (C=O) groups is 2. The van der Waals surface area contributed by atoms with Crippen molar-refractivity contribution in [3.05, 3.63) is 18.2 Å². The molecular formula is C17H27N5O3. The van der Waals surface area contributed by atoms with E-state index in [0.29, 0.717) is 31.5 Å². The van der Waals surface area contributed by atoms with Crippen LogP contribution < -0.4 is 5.32 Å². The van der Waals surface area contributed by atoms with Crippen molar-refractivity contribution in [1.82, 2.24) is 24.7 Å². The minimum Gasteiger partial charge on any atom is -0.381 e. The van der Waals surface area contributed by atoms with E-state index in [1.165, 1.54) is 0 Å². The molecule has 2 aliphatic rings. The Morgan fingerprint density at radius 2 is 2.00 bits per heavy atom. The summed E-state index contributed by atoms with van der Waals surface area (Å²) < 4.78 is 7.18. The molecule has 8 nitrogen and oxygen atoms in total. The Morgan fingerprint density at radius 1 is 1.24 bits per heavy atom. The average molecular weight is 349 g/mol. The molecule has 0 bridgehead atoms. The van der Waals surface area contributed by atoms with E-state index >= 15 is 0 Å². The standard InChI is InChI=1S/C17H27N5O3/c1-18-16(23)13-11-21(14-3-9-25-10-4-14)7-8-22(12-13)17(24)15-19-5-6-20(15)2/h5-6,13-14H,3-4,7-12H2,1-2H3,(H,18,23)/t13-/m0/s1. The van der Waals surface area contributed by atoms with E-state index in [9.17, 15) is 9.59 Å². The summed E-state index contributed by atoms with van der Waals surface area (Å²) in [6.45, 7) is 4.01. The Kier molecular flexibility index (Phi) is 5.70. The highest BCUT2D eigenvalue weighted by atomic mass is 16.5. The molecule has 3 rings (SSSR count). The van der Waals surface area contributed by atoms with E-state index in [2.05, 4.69) is 15.2 Å². The molecule has 1 aromatic heterocycles. The smallest absolute Gasteiger partial charge is 0.289 e. The van der Waals surface area contributed by atoms with E-state index in [1.54, 1.807) is 28.9 Å². The quantitative estimate of drug-likeness (QED) is 0.812. The Balaban J connectivity index is 1.76. The molecule has 0 saturated carbocycles. The molecule has 0 unspecified atom stereocenters. The lowest BCUT2D eigenvalue weighted by molar-refractivity contribution is -0.125. The molecule has 3 heterocycles. The maximum absolute atomic E-state index is 12.8. The topological polar surface area (TPSA) is 79.7 Å². The third kappa shape index (κ3) is 4.01. The van der Waals surface area contributed by atoms with Gasteiger partial charge in [0.1, 0.15) is 0 Å². The van der Waals surface area contributed by atoms with Gasteiger partial charge in [-0.25, -0.2) is 4.98 Å². The van der Waals surface area contributed by atoms with Crippen LogP contribution in [0.4, 0.5) is 0 Å². The SMILES string of the molecule is CNC(=O)[C@@H]1CN(C(=O)c2nccn2C)CCN(C2CCOCC2)C1. The zero-order valence-corrected chi connectivity index (χ0v) is 15.0. The fourth-order valence-electron chi connectivity index (χ4n) is 3.69. The van der Waals surface area contributed by atoms with Gasteiger partial charge in [0.05, 0.1) is 5.92 Å². The molecule has 1 aromatic rings. The fraction of sp³-hybridized carbons (Fsp3) is 0.706. The van der Waals surface area contributed by atoms with Gasteiger partial charge in [0, 0.05) is 71.9 Å². The lowest BCUT2D eigenvalue weighted by atomic mass is 10.0. The van der Waals surface area contributed by atoms with Crippen molar-refractivity contribution in [2.24, 2.45) is 13.0 Å². The van der Waals surface area contributed by atoms with Gasteiger partial charge in [0.2, 0.25) is 5.91 Å². The van der Waals surface area contributed by atoms with E-state index in [0.717, 1.165) is 32.6 Å². The molecule has 0 aliphatic carbocycles. The van der Waals surface area contributed by atoms with Gasteiger partial charge in [-0.2, -0.15) is 0 Å². The summed E-state index contributed by atoms with van der Waals surface area (Å²) in [5, 5.41) is 2.74. The molecule has 2 fully saturated rings. The molecule has 138 valence electrons. The summed E-state index contributed by atoms with van der Waals surface area (Å²) in [7, 11) is 3.46. The van der Waals surface area contributed by atoms with Crippen molar-refractivity contribution >= 4 is 11.8 Å². The molecule has 2 amide bonds. The Morgan fingerprint density at radius 3 is 2.64 bits per heavy atom. The number of aromatic nitrogens is 2. The van der Waals surface area contributed by atoms with E-state index in [1.807, 2.05) is 7.05 Å². The largest absolute Gasteiger partial charge is 0.381 e. The number of rotatable bonds is 3. The maximum Gasteiger partial charge on any atom is 0.289 e. The van der Waals surface area contributed by atoms with Gasteiger partial charge in [0.25, 0.3) is 5.91 Å². The molecule has 0 aromatic carbocycles. The van der Waals surface area contributed by atoms with Gasteiger partial charge >= 0.3 is 0 Å². The molecule has 0 radical (unpaired) electrons. The molecular weight excluding hydrogens is 322 g/mol. The van der Waals surface area contributed by atoms with Crippen LogP contribution in [0.15, 0.2) is 12.4 Å². The normalized spacial score (nSPS) is 23.3. The van der Waals surface area contributed by atoms with Gasteiger partial charge in [-0.15, -0.1) is 0 Å². The third-order valence-corrected chi connectivity index (χ3v) is 5.18. The summed E-state index contributed by atoms with van der Waals surface area (Å²) in [5.41, 5.74) is 0. The predicted molar refractivity (Wildman–Crippen MR) is 92.1 cm³/mol. The van der Waals surface area contributed by atoms with Crippen molar-refractivity contribution in [1.29, 1.82) is 0 Å². The average Bonchev–Trinajstić information content (AvgIpc) is 2.94. The van der Waals surface area contributed by atoms with Crippen LogP contribution in [0.3, 0.4) is 0 Å². The zero-order chi connectivity index (χ0) is 17.8. The monoisotopic (exact) mass is 349 g/mol. The molecule has 8 heteroatoms. The first-order chi connectivity index (χ1) is 12.1. The number of nitrogens with zero attached hydrogens (tertiary/aromatic N) is 4. The number of hydrogen-bond donors (Lipinski definition) is 1. The molecule has 0 spiro atoms. The first-order valence-electron chi connectivity index (χ1n) is 8.90. The molecule has 1 N–H and O–H groups in total. The minimum atomic E-state index is -0.237. The second-order valence-electron chi connectivity index (χ2n) is 6.76. The van der Waals surface area contributed by atoms with Gasteiger partial charge in [-0.05, 0) is 12.8 Å². The van der Waals surface area contributed by atoms with E-state index in [-0.39, 0.29) is 17.7 Å². The van der Waals surface area contributed by atoms with Crippen LogP contribution in [0, 0.1) is 5.92 Å². The van der Waals surface area contributed by atoms with Crippen LogP contribution in [0.25, 0.3) is 0 Å². The molecule has 2 aliphatic heterocycles. The summed E-state index contributed by atoms with van der Waals surface area (Å²) in [6, 6.07) is 0.420. The highest BCUT2D eigenvalue weighted by Crippen LogP contribution is 2.20. The second-order valence-corrected chi connectivity index (χ2v) is 6.76. The zero-order valence-electron chi connectivity index (χ0n) is 15.0. The van der Waals surface area contributed by atoms with Crippen molar-refractivity contribution in [3.8, 4) is 0 Å². The number of ether oxygens (including phenoxy) is 1. The van der Waals surface area contributed by atoms with E-state index < -0.39 is 0 Å². The van der Waals surface area contributed by atoms with Gasteiger partial charge < -0.3 is 19.5 Å². The number of imidazole rings is 1. The van der Waals surface area contributed by atoms with Crippen LogP contribution in [0.5, 0.6) is 0 Å². The van der Waals surface area contributed by atoms with Crippen molar-refractivity contribution in [2.75, 3.05) is 46.4 Å². The molecule has 25 heavy (non-hydrogen) atoms. The van der Waals surface area contributed by atoms with Crippen molar-refractivity contribution < 1.29 is 14.3 Å². The molecule has 1 atom stereocenters. The Labute approximate surface area is 148 Å². The first kappa shape index (κ1) is 17.9. The predicted octanol–water partition coefficient (Wildman–Crippen LogP) is -0.281. The van der Waals surface area contributed by atoms with E-state index in [4.69, 9.17) is 4.74 Å².